The van der Waals surface area contributed by atoms with E-state index in [1.807, 2.05) is 31.2 Å². The first-order valence-electron chi connectivity index (χ1n) is 9.45. The number of nitriles is 1. The average molecular weight is 476 g/mol. The predicted molar refractivity (Wildman–Crippen MR) is 123 cm³/mol. The predicted octanol–water partition coefficient (Wildman–Crippen LogP) is 5.10. The van der Waals surface area contributed by atoms with Gasteiger partial charge in [0.05, 0.1) is 39.7 Å². The lowest BCUT2D eigenvalue weighted by molar-refractivity contribution is -0.121. The van der Waals surface area contributed by atoms with Crippen molar-refractivity contribution in [3.05, 3.63) is 68.7 Å². The van der Waals surface area contributed by atoms with E-state index in [2.05, 4.69) is 16.7 Å². The van der Waals surface area contributed by atoms with Crippen LogP contribution < -0.4 is 15.4 Å². The third-order valence-electron chi connectivity index (χ3n) is 4.50. The van der Waals surface area contributed by atoms with E-state index in [4.69, 9.17) is 27.9 Å². The number of allylic oxidation sites excluding steroid dienone is 1. The van der Waals surface area contributed by atoms with E-state index in [9.17, 15) is 14.9 Å². The quantitative estimate of drug-likeness (QED) is 0.580. The van der Waals surface area contributed by atoms with Gasteiger partial charge >= 0.3 is 0 Å². The summed E-state index contributed by atoms with van der Waals surface area (Å²) in [6.07, 6.45) is 0.160. The Bertz CT molecular complexity index is 1060. The number of hydrogen-bond donors (Lipinski definition) is 2. The van der Waals surface area contributed by atoms with Gasteiger partial charge in [0.25, 0.3) is 0 Å². The van der Waals surface area contributed by atoms with Crippen LogP contribution >= 0.6 is 35.0 Å². The second-order valence-corrected chi connectivity index (χ2v) is 8.45. The number of thioether (sulfide) groups is 1. The molecule has 2 aromatic carbocycles. The Morgan fingerprint density at radius 3 is 2.68 bits per heavy atom. The normalized spacial score (nSPS) is 15.8. The summed E-state index contributed by atoms with van der Waals surface area (Å²) in [5, 5.41) is 16.3. The van der Waals surface area contributed by atoms with E-state index in [1.54, 1.807) is 12.1 Å². The van der Waals surface area contributed by atoms with Crippen LogP contribution in [0.1, 0.15) is 24.8 Å². The van der Waals surface area contributed by atoms with Crippen molar-refractivity contribution in [2.24, 2.45) is 0 Å². The lowest BCUT2D eigenvalue weighted by Gasteiger charge is -2.25. The fourth-order valence-corrected chi connectivity index (χ4v) is 4.43. The first-order valence-corrected chi connectivity index (χ1v) is 11.2. The van der Waals surface area contributed by atoms with Gasteiger partial charge in [-0.1, -0.05) is 47.1 Å². The Kier molecular flexibility index (Phi) is 7.85. The highest BCUT2D eigenvalue weighted by Gasteiger charge is 2.30. The van der Waals surface area contributed by atoms with Crippen LogP contribution in [0, 0.1) is 11.3 Å². The van der Waals surface area contributed by atoms with Gasteiger partial charge in [-0.3, -0.25) is 9.59 Å². The van der Waals surface area contributed by atoms with E-state index in [0.717, 1.165) is 23.1 Å². The Balaban J connectivity index is 1.74. The molecule has 31 heavy (non-hydrogen) atoms. The minimum atomic E-state index is -0.384. The summed E-state index contributed by atoms with van der Waals surface area (Å²) in [6, 6.07) is 14.3. The minimum absolute atomic E-state index is 0.00422. The number of nitrogens with zero attached hydrogens (tertiary/aromatic N) is 1. The van der Waals surface area contributed by atoms with E-state index in [-0.39, 0.29) is 29.9 Å². The van der Waals surface area contributed by atoms with E-state index in [0.29, 0.717) is 32.9 Å². The molecule has 2 amide bonds. The summed E-state index contributed by atoms with van der Waals surface area (Å²) in [5.41, 5.74) is 1.70. The number of rotatable bonds is 7. The molecular formula is C22H19Cl2N3O3S. The summed E-state index contributed by atoms with van der Waals surface area (Å²) in [7, 11) is 0. The highest BCUT2D eigenvalue weighted by molar-refractivity contribution is 8.03. The molecule has 0 saturated carbocycles. The molecule has 0 fully saturated rings. The van der Waals surface area contributed by atoms with Gasteiger partial charge in [0.2, 0.25) is 11.8 Å². The van der Waals surface area contributed by atoms with Crippen LogP contribution in [0.15, 0.2) is 53.1 Å². The van der Waals surface area contributed by atoms with Crippen molar-refractivity contribution < 1.29 is 14.3 Å². The van der Waals surface area contributed by atoms with Gasteiger partial charge in [0.15, 0.2) is 0 Å². The molecule has 3 rings (SSSR count). The second kappa shape index (κ2) is 10.6. The highest BCUT2D eigenvalue weighted by atomic mass is 35.5. The zero-order valence-electron chi connectivity index (χ0n) is 16.6. The molecule has 0 aliphatic carbocycles. The van der Waals surface area contributed by atoms with Gasteiger partial charge in [-0.25, -0.2) is 0 Å². The molecule has 1 heterocycles. The lowest BCUT2D eigenvalue weighted by atomic mass is 9.87. The zero-order chi connectivity index (χ0) is 22.4. The largest absolute Gasteiger partial charge is 0.494 e. The molecule has 0 saturated heterocycles. The van der Waals surface area contributed by atoms with Crippen LogP contribution in [0.5, 0.6) is 5.75 Å². The third kappa shape index (κ3) is 5.95. The van der Waals surface area contributed by atoms with Crippen molar-refractivity contribution in [1.82, 2.24) is 5.32 Å². The molecule has 0 bridgehead atoms. The maximum absolute atomic E-state index is 12.4. The average Bonchev–Trinajstić information content (AvgIpc) is 2.74. The van der Waals surface area contributed by atoms with Gasteiger partial charge in [-0.05, 0) is 42.8 Å². The molecule has 0 unspecified atom stereocenters. The SMILES string of the molecule is CCOc1ccc([C@H]2CC(=O)NC(SCC(=O)Nc3ccc(Cl)cc3Cl)=C2C#N)cc1. The number of nitrogens with one attached hydrogen (secondary N) is 2. The first-order chi connectivity index (χ1) is 14.9. The molecule has 1 aliphatic rings. The summed E-state index contributed by atoms with van der Waals surface area (Å²) in [6.45, 7) is 2.45. The Morgan fingerprint density at radius 2 is 2.03 bits per heavy atom. The second-order valence-electron chi connectivity index (χ2n) is 6.62. The van der Waals surface area contributed by atoms with Crippen LogP contribution in [0.2, 0.25) is 10.0 Å². The van der Waals surface area contributed by atoms with Crippen LogP contribution in [0.3, 0.4) is 0 Å². The third-order valence-corrected chi connectivity index (χ3v) is 6.07. The van der Waals surface area contributed by atoms with Gasteiger partial charge in [-0.2, -0.15) is 5.26 Å². The first kappa shape index (κ1) is 23.0. The molecule has 0 spiro atoms. The lowest BCUT2D eigenvalue weighted by Crippen LogP contribution is -2.31. The Morgan fingerprint density at radius 1 is 1.29 bits per heavy atom. The summed E-state index contributed by atoms with van der Waals surface area (Å²) in [5.74, 6) is -0.194. The Labute approximate surface area is 194 Å². The molecule has 9 heteroatoms. The summed E-state index contributed by atoms with van der Waals surface area (Å²) in [4.78, 5) is 24.6. The van der Waals surface area contributed by atoms with Crippen molar-refractivity contribution >= 4 is 52.5 Å². The number of halogens is 2. The van der Waals surface area contributed by atoms with Crippen molar-refractivity contribution in [2.45, 2.75) is 19.3 Å². The summed E-state index contributed by atoms with van der Waals surface area (Å²) < 4.78 is 5.45. The fourth-order valence-electron chi connectivity index (χ4n) is 3.10. The molecule has 2 N–H and O–H groups in total. The number of anilines is 1. The van der Waals surface area contributed by atoms with Gasteiger partial charge in [0.1, 0.15) is 5.75 Å². The van der Waals surface area contributed by atoms with Crippen LogP contribution in [0.4, 0.5) is 5.69 Å². The van der Waals surface area contributed by atoms with E-state index in [1.165, 1.54) is 6.07 Å². The molecule has 1 aliphatic heterocycles. The van der Waals surface area contributed by atoms with E-state index >= 15 is 0 Å². The molecule has 2 aromatic rings. The fraction of sp³-hybridized carbons (Fsp3) is 0.227. The molecular weight excluding hydrogens is 457 g/mol. The zero-order valence-corrected chi connectivity index (χ0v) is 18.9. The van der Waals surface area contributed by atoms with Crippen LogP contribution in [0.25, 0.3) is 0 Å². The molecule has 160 valence electrons. The van der Waals surface area contributed by atoms with Crippen LogP contribution in [-0.4, -0.2) is 24.2 Å². The number of hydrogen-bond acceptors (Lipinski definition) is 5. The summed E-state index contributed by atoms with van der Waals surface area (Å²) >= 11 is 13.0. The van der Waals surface area contributed by atoms with Crippen molar-refractivity contribution in [1.29, 1.82) is 5.26 Å². The maximum atomic E-state index is 12.4. The minimum Gasteiger partial charge on any atom is -0.494 e. The number of amides is 2. The smallest absolute Gasteiger partial charge is 0.234 e. The number of benzene rings is 2. The molecule has 0 aromatic heterocycles. The van der Waals surface area contributed by atoms with Gasteiger partial charge < -0.3 is 15.4 Å². The van der Waals surface area contributed by atoms with Gasteiger partial charge in [0, 0.05) is 17.4 Å². The highest BCUT2D eigenvalue weighted by Crippen LogP contribution is 2.36. The van der Waals surface area contributed by atoms with Crippen molar-refractivity contribution in [2.75, 3.05) is 17.7 Å². The molecule has 0 radical (unpaired) electrons. The standard InChI is InChI=1S/C22H19Cl2N3O3S/c1-2-30-15-6-3-13(4-7-15)16-10-20(28)27-22(17(16)11-25)31-12-21(29)26-19-8-5-14(23)9-18(19)24/h3-9,16H,2,10,12H2,1H3,(H,26,29)(H,27,28)/t16-/m1/s1. The maximum Gasteiger partial charge on any atom is 0.234 e. The topological polar surface area (TPSA) is 91.2 Å². The number of carbonyl (C=O) groups excluding carboxylic acids is 2. The van der Waals surface area contributed by atoms with Crippen LogP contribution in [-0.2, 0) is 9.59 Å². The molecule has 6 nitrogen and oxygen atoms in total. The van der Waals surface area contributed by atoms with E-state index < -0.39 is 0 Å². The Hall–Kier alpha value is -2.66. The van der Waals surface area contributed by atoms with Gasteiger partial charge in [-0.15, -0.1) is 0 Å². The van der Waals surface area contributed by atoms with Crippen molar-refractivity contribution in [3.63, 3.8) is 0 Å². The number of carbonyl (C=O) groups is 2. The number of ether oxygens (including phenoxy) is 1. The monoisotopic (exact) mass is 475 g/mol. The molecule has 1 atom stereocenters. The van der Waals surface area contributed by atoms with Crippen molar-refractivity contribution in [3.8, 4) is 11.8 Å².